The van der Waals surface area contributed by atoms with Crippen molar-refractivity contribution in [2.45, 2.75) is 0 Å². The normalized spacial score (nSPS) is 11.2. The fraction of sp³-hybridized carbons (Fsp3) is 0. The van der Waals surface area contributed by atoms with Crippen molar-refractivity contribution >= 4 is 22.4 Å². The number of non-ortho nitro benzene ring substituents is 1. The summed E-state index contributed by atoms with van der Waals surface area (Å²) in [6.45, 7) is 0. The Kier molecular flexibility index (Phi) is 4.66. The largest absolute Gasteiger partial charge is 0.291 e. The number of pyridine rings is 1. The molecule has 6 rings (SSSR count). The Bertz CT molecular complexity index is 1660. The first-order valence-corrected chi connectivity index (χ1v) is 11.0. The molecule has 34 heavy (non-hydrogen) atoms. The Morgan fingerprint density at radius 2 is 1.26 bits per heavy atom. The van der Waals surface area contributed by atoms with E-state index < -0.39 is 0 Å². The van der Waals surface area contributed by atoms with Gasteiger partial charge in [0, 0.05) is 17.7 Å². The molecular formula is C29H19N3O2. The summed E-state index contributed by atoms with van der Waals surface area (Å²) >= 11 is 0. The molecule has 0 amide bonds. The molecule has 0 saturated heterocycles. The third kappa shape index (κ3) is 3.22. The Hall–Kier alpha value is -4.77. The zero-order chi connectivity index (χ0) is 23.1. The summed E-state index contributed by atoms with van der Waals surface area (Å²) in [6.07, 6.45) is 0. The van der Waals surface area contributed by atoms with Gasteiger partial charge in [0.15, 0.2) is 0 Å². The summed E-state index contributed by atoms with van der Waals surface area (Å²) in [4.78, 5) is 16.2. The van der Waals surface area contributed by atoms with Crippen LogP contribution in [-0.4, -0.2) is 14.3 Å². The summed E-state index contributed by atoms with van der Waals surface area (Å²) in [6, 6.07) is 37.5. The van der Waals surface area contributed by atoms with Crippen LogP contribution in [0.15, 0.2) is 115 Å². The molecule has 0 spiro atoms. The lowest BCUT2D eigenvalue weighted by molar-refractivity contribution is -0.384. The van der Waals surface area contributed by atoms with Crippen molar-refractivity contribution in [2.75, 3.05) is 0 Å². The maximum absolute atomic E-state index is 11.6. The number of hydrogen-bond donors (Lipinski definition) is 0. The molecule has 0 N–H and O–H groups in total. The molecule has 0 saturated carbocycles. The topological polar surface area (TPSA) is 60.4 Å². The number of rotatable bonds is 4. The van der Waals surface area contributed by atoms with Crippen molar-refractivity contribution < 1.29 is 4.92 Å². The van der Waals surface area contributed by atoms with E-state index in [1.54, 1.807) is 12.1 Å². The monoisotopic (exact) mass is 441 g/mol. The van der Waals surface area contributed by atoms with E-state index in [0.29, 0.717) is 11.0 Å². The SMILES string of the molecule is O=[N+]([O-])c1ccc2nc3c(-c4ccccc4)c(-c4ccccc4)cc(-c4ccccc4)n3c2c1. The maximum atomic E-state index is 11.6. The van der Waals surface area contributed by atoms with Gasteiger partial charge in [-0.25, -0.2) is 4.98 Å². The lowest BCUT2D eigenvalue weighted by atomic mass is 9.93. The van der Waals surface area contributed by atoms with E-state index >= 15 is 0 Å². The standard InChI is InChI=1S/C29H19N3O2/c33-32(34)23-16-17-25-27(18-23)31-26(21-12-6-2-7-13-21)19-24(20-10-4-1-5-11-20)28(29(31)30-25)22-14-8-3-9-15-22/h1-19H. The maximum Gasteiger partial charge on any atom is 0.271 e. The molecule has 5 heteroatoms. The Balaban J connectivity index is 1.83. The third-order valence-electron chi connectivity index (χ3n) is 6.08. The minimum Gasteiger partial charge on any atom is -0.291 e. The molecule has 0 aliphatic rings. The molecule has 2 heterocycles. The minimum atomic E-state index is -0.364. The van der Waals surface area contributed by atoms with E-state index in [0.717, 1.165) is 39.2 Å². The molecule has 0 unspecified atom stereocenters. The first-order valence-electron chi connectivity index (χ1n) is 11.0. The van der Waals surface area contributed by atoms with Gasteiger partial charge in [-0.2, -0.15) is 0 Å². The molecule has 2 aromatic heterocycles. The predicted octanol–water partition coefficient (Wildman–Crippen LogP) is 7.40. The van der Waals surface area contributed by atoms with Gasteiger partial charge in [-0.05, 0) is 34.4 Å². The van der Waals surface area contributed by atoms with E-state index in [1.165, 1.54) is 6.07 Å². The van der Waals surface area contributed by atoms with Gasteiger partial charge in [-0.3, -0.25) is 14.5 Å². The predicted molar refractivity (Wildman–Crippen MR) is 136 cm³/mol. The van der Waals surface area contributed by atoms with Crippen LogP contribution >= 0.6 is 0 Å². The molecule has 0 bridgehead atoms. The van der Waals surface area contributed by atoms with Gasteiger partial charge < -0.3 is 0 Å². The van der Waals surface area contributed by atoms with Gasteiger partial charge >= 0.3 is 0 Å². The molecule has 5 nitrogen and oxygen atoms in total. The van der Waals surface area contributed by atoms with Gasteiger partial charge in [0.1, 0.15) is 5.65 Å². The highest BCUT2D eigenvalue weighted by atomic mass is 16.6. The van der Waals surface area contributed by atoms with Crippen molar-refractivity contribution in [3.05, 3.63) is 125 Å². The summed E-state index contributed by atoms with van der Waals surface area (Å²) < 4.78 is 2.05. The van der Waals surface area contributed by atoms with E-state index in [4.69, 9.17) is 4.98 Å². The highest BCUT2D eigenvalue weighted by Gasteiger charge is 2.21. The molecule has 4 aromatic carbocycles. The Labute approximate surface area is 195 Å². The molecule has 0 aliphatic heterocycles. The van der Waals surface area contributed by atoms with Crippen molar-refractivity contribution in [1.29, 1.82) is 0 Å². The number of aromatic nitrogens is 2. The van der Waals surface area contributed by atoms with Crippen LogP contribution in [0.2, 0.25) is 0 Å². The van der Waals surface area contributed by atoms with E-state index in [1.807, 2.05) is 59.0 Å². The van der Waals surface area contributed by atoms with Gasteiger partial charge in [0.25, 0.3) is 5.69 Å². The van der Waals surface area contributed by atoms with Gasteiger partial charge in [-0.15, -0.1) is 0 Å². The van der Waals surface area contributed by atoms with E-state index in [-0.39, 0.29) is 10.6 Å². The quantitative estimate of drug-likeness (QED) is 0.212. The average molecular weight is 441 g/mol. The number of benzene rings is 4. The molecular weight excluding hydrogens is 422 g/mol. The Morgan fingerprint density at radius 1 is 0.676 bits per heavy atom. The zero-order valence-corrected chi connectivity index (χ0v) is 18.1. The highest BCUT2D eigenvalue weighted by molar-refractivity contribution is 5.99. The summed E-state index contributed by atoms with van der Waals surface area (Å²) in [5.41, 5.74) is 8.34. The van der Waals surface area contributed by atoms with Crippen LogP contribution in [0, 0.1) is 10.1 Å². The van der Waals surface area contributed by atoms with Crippen LogP contribution in [0.5, 0.6) is 0 Å². The molecule has 0 aliphatic carbocycles. The van der Waals surface area contributed by atoms with Crippen LogP contribution in [0.3, 0.4) is 0 Å². The number of nitro benzene ring substituents is 1. The second kappa shape index (κ2) is 7.98. The van der Waals surface area contributed by atoms with E-state index in [9.17, 15) is 10.1 Å². The van der Waals surface area contributed by atoms with Crippen molar-refractivity contribution in [1.82, 2.24) is 9.38 Å². The molecule has 6 aromatic rings. The van der Waals surface area contributed by atoms with Crippen LogP contribution < -0.4 is 0 Å². The summed E-state index contributed by atoms with van der Waals surface area (Å²) in [5.74, 6) is 0. The first kappa shape index (κ1) is 19.9. The number of hydrogen-bond acceptors (Lipinski definition) is 3. The van der Waals surface area contributed by atoms with Gasteiger partial charge in [0.05, 0.1) is 21.7 Å². The van der Waals surface area contributed by atoms with Crippen LogP contribution in [0.4, 0.5) is 5.69 Å². The van der Waals surface area contributed by atoms with Crippen LogP contribution in [0.1, 0.15) is 0 Å². The molecule has 162 valence electrons. The molecule has 0 radical (unpaired) electrons. The molecule has 0 atom stereocenters. The van der Waals surface area contributed by atoms with Gasteiger partial charge in [-0.1, -0.05) is 91.0 Å². The first-order chi connectivity index (χ1) is 16.7. The van der Waals surface area contributed by atoms with Crippen LogP contribution in [-0.2, 0) is 0 Å². The second-order valence-corrected chi connectivity index (χ2v) is 8.12. The number of nitrogens with zero attached hydrogens (tertiary/aromatic N) is 3. The second-order valence-electron chi connectivity index (χ2n) is 8.12. The highest BCUT2D eigenvalue weighted by Crippen LogP contribution is 2.40. The van der Waals surface area contributed by atoms with Crippen molar-refractivity contribution in [3.8, 4) is 33.5 Å². The van der Waals surface area contributed by atoms with E-state index in [2.05, 4.69) is 42.5 Å². The smallest absolute Gasteiger partial charge is 0.271 e. The lowest BCUT2D eigenvalue weighted by Crippen LogP contribution is -1.98. The Morgan fingerprint density at radius 3 is 1.88 bits per heavy atom. The fourth-order valence-electron chi connectivity index (χ4n) is 4.54. The third-order valence-corrected chi connectivity index (χ3v) is 6.08. The number of nitro groups is 1. The van der Waals surface area contributed by atoms with Crippen LogP contribution in [0.25, 0.3) is 50.2 Å². The average Bonchev–Trinajstić information content (AvgIpc) is 3.28. The fourth-order valence-corrected chi connectivity index (χ4v) is 4.54. The zero-order valence-electron chi connectivity index (χ0n) is 18.1. The van der Waals surface area contributed by atoms with Crippen molar-refractivity contribution in [3.63, 3.8) is 0 Å². The van der Waals surface area contributed by atoms with Crippen molar-refractivity contribution in [2.24, 2.45) is 0 Å². The summed E-state index contributed by atoms with van der Waals surface area (Å²) in [5, 5.41) is 11.6. The summed E-state index contributed by atoms with van der Waals surface area (Å²) in [7, 11) is 0. The minimum absolute atomic E-state index is 0.0432. The lowest BCUT2D eigenvalue weighted by Gasteiger charge is -2.16. The van der Waals surface area contributed by atoms with Gasteiger partial charge in [0.2, 0.25) is 0 Å². The number of fused-ring (bicyclic) bond motifs is 3. The molecule has 0 fully saturated rings. The number of imidazole rings is 1.